The molecule has 22 heavy (non-hydrogen) atoms. The molecular weight excluding hydrogens is 282 g/mol. The van der Waals surface area contributed by atoms with E-state index in [4.69, 9.17) is 9.47 Å². The van der Waals surface area contributed by atoms with E-state index >= 15 is 0 Å². The number of carbonyl (C=O) groups is 2. The molecule has 0 radical (unpaired) electrons. The largest absolute Gasteiger partial charge is 0.451 e. The summed E-state index contributed by atoms with van der Waals surface area (Å²) >= 11 is 0. The highest BCUT2D eigenvalue weighted by Gasteiger charge is 2.22. The molecule has 0 aliphatic carbocycles. The minimum absolute atomic E-state index is 0.251. The van der Waals surface area contributed by atoms with Crippen molar-refractivity contribution < 1.29 is 19.1 Å². The molecule has 1 aromatic rings. The third-order valence-corrected chi connectivity index (χ3v) is 3.09. The number of hydrogen-bond donors (Lipinski definition) is 1. The van der Waals surface area contributed by atoms with Gasteiger partial charge in [-0.25, -0.2) is 4.79 Å². The number of aryl methyl sites for hydroxylation is 1. The Morgan fingerprint density at radius 3 is 2.41 bits per heavy atom. The highest BCUT2D eigenvalue weighted by molar-refractivity contribution is 5.95. The van der Waals surface area contributed by atoms with Crippen molar-refractivity contribution in [3.8, 4) is 0 Å². The van der Waals surface area contributed by atoms with Crippen LogP contribution in [0.3, 0.4) is 0 Å². The number of ether oxygens (including phenoxy) is 2. The molecule has 0 aromatic heterocycles. The fourth-order valence-corrected chi connectivity index (χ4v) is 1.67. The lowest BCUT2D eigenvalue weighted by Gasteiger charge is -2.16. The van der Waals surface area contributed by atoms with Gasteiger partial charge in [0.2, 0.25) is 0 Å². The molecule has 0 saturated carbocycles. The molecule has 0 spiro atoms. The Hall–Kier alpha value is -2.14. The van der Waals surface area contributed by atoms with E-state index in [9.17, 15) is 9.59 Å². The Morgan fingerprint density at radius 1 is 1.23 bits per heavy atom. The monoisotopic (exact) mass is 305 g/mol. The van der Waals surface area contributed by atoms with Gasteiger partial charge in [0.05, 0.1) is 6.61 Å². The van der Waals surface area contributed by atoms with Crippen LogP contribution in [0.25, 0.3) is 0 Å². The minimum atomic E-state index is -0.895. The van der Waals surface area contributed by atoms with E-state index in [1.54, 1.807) is 13.0 Å². The van der Waals surface area contributed by atoms with E-state index in [1.807, 2.05) is 24.3 Å². The van der Waals surface area contributed by atoms with Gasteiger partial charge in [-0.1, -0.05) is 25.1 Å². The van der Waals surface area contributed by atoms with Gasteiger partial charge in [0.1, 0.15) is 0 Å². The van der Waals surface area contributed by atoms with Gasteiger partial charge >= 0.3 is 5.97 Å². The van der Waals surface area contributed by atoms with E-state index in [2.05, 4.69) is 18.8 Å². The van der Waals surface area contributed by atoms with Crippen molar-refractivity contribution >= 4 is 17.6 Å². The maximum absolute atomic E-state index is 12.0. The number of hydrogen-bond acceptors (Lipinski definition) is 4. The van der Waals surface area contributed by atoms with Crippen LogP contribution < -0.4 is 5.32 Å². The Balaban J connectivity index is 2.50. The number of benzene rings is 1. The summed E-state index contributed by atoms with van der Waals surface area (Å²) in [6.07, 6.45) is 0.843. The SMILES string of the molecule is C=CCOC(C)C(=O)OC(C)C(=O)Nc1ccc(CC)cc1. The molecule has 0 aliphatic heterocycles. The van der Waals surface area contributed by atoms with Crippen molar-refractivity contribution in [1.29, 1.82) is 0 Å². The molecule has 2 atom stereocenters. The van der Waals surface area contributed by atoms with E-state index in [1.165, 1.54) is 12.5 Å². The summed E-state index contributed by atoms with van der Waals surface area (Å²) in [7, 11) is 0. The van der Waals surface area contributed by atoms with Crippen LogP contribution in [0.5, 0.6) is 0 Å². The predicted octanol–water partition coefficient (Wildman–Crippen LogP) is 2.71. The van der Waals surface area contributed by atoms with Gasteiger partial charge in [-0.15, -0.1) is 6.58 Å². The first-order valence-electron chi connectivity index (χ1n) is 7.30. The molecule has 5 heteroatoms. The van der Waals surface area contributed by atoms with Crippen LogP contribution in [0, 0.1) is 0 Å². The molecule has 1 aromatic carbocycles. The fourth-order valence-electron chi connectivity index (χ4n) is 1.67. The third-order valence-electron chi connectivity index (χ3n) is 3.09. The molecule has 2 unspecified atom stereocenters. The summed E-state index contributed by atoms with van der Waals surface area (Å²) in [6.45, 7) is 8.90. The second kappa shape index (κ2) is 9.00. The Bertz CT molecular complexity index is 510. The fraction of sp³-hybridized carbons (Fsp3) is 0.412. The third kappa shape index (κ3) is 5.69. The predicted molar refractivity (Wildman–Crippen MR) is 85.6 cm³/mol. The normalized spacial score (nSPS) is 13.0. The summed E-state index contributed by atoms with van der Waals surface area (Å²) in [5.41, 5.74) is 1.85. The first-order valence-corrected chi connectivity index (χ1v) is 7.30. The molecule has 1 rings (SSSR count). The first kappa shape index (κ1) is 17.9. The molecule has 1 amide bonds. The van der Waals surface area contributed by atoms with Gasteiger partial charge in [0.25, 0.3) is 5.91 Å². The van der Waals surface area contributed by atoms with Gasteiger partial charge in [-0.3, -0.25) is 4.79 Å². The molecular formula is C17H23NO4. The number of amides is 1. The zero-order valence-corrected chi connectivity index (χ0v) is 13.3. The Labute approximate surface area is 131 Å². The van der Waals surface area contributed by atoms with Crippen molar-refractivity contribution in [2.75, 3.05) is 11.9 Å². The van der Waals surface area contributed by atoms with Crippen LogP contribution in [-0.2, 0) is 25.5 Å². The minimum Gasteiger partial charge on any atom is -0.451 e. The zero-order valence-electron chi connectivity index (χ0n) is 13.3. The lowest BCUT2D eigenvalue weighted by atomic mass is 10.1. The smallest absolute Gasteiger partial charge is 0.335 e. The molecule has 0 fully saturated rings. The molecule has 5 nitrogen and oxygen atoms in total. The van der Waals surface area contributed by atoms with Gasteiger partial charge in [0, 0.05) is 5.69 Å². The Kier molecular flexibility index (Phi) is 7.32. The quantitative estimate of drug-likeness (QED) is 0.592. The number of esters is 1. The zero-order chi connectivity index (χ0) is 16.5. The van der Waals surface area contributed by atoms with E-state index in [0.29, 0.717) is 5.69 Å². The summed E-state index contributed by atoms with van der Waals surface area (Å²) in [5.74, 6) is -0.959. The number of rotatable bonds is 8. The highest BCUT2D eigenvalue weighted by Crippen LogP contribution is 2.11. The van der Waals surface area contributed by atoms with Crippen LogP contribution in [0.15, 0.2) is 36.9 Å². The number of anilines is 1. The van der Waals surface area contributed by atoms with Gasteiger partial charge in [-0.2, -0.15) is 0 Å². The van der Waals surface area contributed by atoms with Crippen molar-refractivity contribution in [3.05, 3.63) is 42.5 Å². The lowest BCUT2D eigenvalue weighted by molar-refractivity contribution is -0.163. The Morgan fingerprint density at radius 2 is 1.86 bits per heavy atom. The average Bonchev–Trinajstić information content (AvgIpc) is 2.52. The van der Waals surface area contributed by atoms with Gasteiger partial charge in [-0.05, 0) is 38.0 Å². The molecule has 0 aliphatic rings. The maximum atomic E-state index is 12.0. The van der Waals surface area contributed by atoms with E-state index in [0.717, 1.165) is 6.42 Å². The second-order valence-corrected chi connectivity index (χ2v) is 4.88. The standard InChI is InChI=1S/C17H23NO4/c1-5-11-21-13(4)17(20)22-12(3)16(19)18-15-9-7-14(6-2)8-10-15/h5,7-10,12-13H,1,6,11H2,2-4H3,(H,18,19). The lowest BCUT2D eigenvalue weighted by Crippen LogP contribution is -2.34. The highest BCUT2D eigenvalue weighted by atomic mass is 16.6. The summed E-state index contributed by atoms with van der Waals surface area (Å²) in [4.78, 5) is 23.7. The maximum Gasteiger partial charge on any atom is 0.335 e. The van der Waals surface area contributed by atoms with Gasteiger partial charge in [0.15, 0.2) is 12.2 Å². The molecule has 0 heterocycles. The van der Waals surface area contributed by atoms with Crippen LogP contribution in [0.2, 0.25) is 0 Å². The molecule has 0 bridgehead atoms. The van der Waals surface area contributed by atoms with Crippen molar-refractivity contribution in [1.82, 2.24) is 0 Å². The van der Waals surface area contributed by atoms with Crippen LogP contribution in [-0.4, -0.2) is 30.7 Å². The first-order chi connectivity index (χ1) is 10.5. The van der Waals surface area contributed by atoms with Gasteiger partial charge < -0.3 is 14.8 Å². The molecule has 120 valence electrons. The topological polar surface area (TPSA) is 64.6 Å². The second-order valence-electron chi connectivity index (χ2n) is 4.88. The average molecular weight is 305 g/mol. The van der Waals surface area contributed by atoms with Crippen molar-refractivity contribution in [3.63, 3.8) is 0 Å². The van der Waals surface area contributed by atoms with Crippen LogP contribution in [0.4, 0.5) is 5.69 Å². The summed E-state index contributed by atoms with van der Waals surface area (Å²) in [6, 6.07) is 7.52. The van der Waals surface area contributed by atoms with Crippen molar-refractivity contribution in [2.45, 2.75) is 39.4 Å². The van der Waals surface area contributed by atoms with E-state index < -0.39 is 18.2 Å². The van der Waals surface area contributed by atoms with E-state index in [-0.39, 0.29) is 12.5 Å². The number of carbonyl (C=O) groups excluding carboxylic acids is 2. The molecule has 1 N–H and O–H groups in total. The number of nitrogens with one attached hydrogen (secondary N) is 1. The van der Waals surface area contributed by atoms with Crippen LogP contribution in [0.1, 0.15) is 26.3 Å². The molecule has 0 saturated heterocycles. The summed E-state index contributed by atoms with van der Waals surface area (Å²) < 4.78 is 10.2. The van der Waals surface area contributed by atoms with Crippen molar-refractivity contribution in [2.24, 2.45) is 0 Å². The summed E-state index contributed by atoms with van der Waals surface area (Å²) in [5, 5.41) is 2.71. The van der Waals surface area contributed by atoms with Crippen LogP contribution >= 0.6 is 0 Å².